The van der Waals surface area contributed by atoms with Crippen LogP contribution in [0, 0.1) is 13.8 Å². The van der Waals surface area contributed by atoms with Gasteiger partial charge in [0, 0.05) is 51.7 Å². The summed E-state index contributed by atoms with van der Waals surface area (Å²) in [4.78, 5) is 32.2. The minimum Gasteiger partial charge on any atom is -0.373 e. The van der Waals surface area contributed by atoms with Gasteiger partial charge in [-0.1, -0.05) is 0 Å². The Kier molecular flexibility index (Phi) is 4.46. The van der Waals surface area contributed by atoms with Crippen molar-refractivity contribution in [3.63, 3.8) is 0 Å². The van der Waals surface area contributed by atoms with Gasteiger partial charge < -0.3 is 9.30 Å². The van der Waals surface area contributed by atoms with E-state index in [9.17, 15) is 9.59 Å². The number of fused-ring (bicyclic) bond motifs is 3. The Balaban J connectivity index is 1.81. The number of hydrogen-bond donors (Lipinski definition) is 0. The molecule has 3 aromatic heterocycles. The zero-order valence-corrected chi connectivity index (χ0v) is 17.4. The third-order valence-corrected chi connectivity index (χ3v) is 5.88. The average Bonchev–Trinajstić information content (AvgIpc) is 3.13. The highest BCUT2D eigenvalue weighted by molar-refractivity contribution is 5.76. The van der Waals surface area contributed by atoms with Gasteiger partial charge in [0.2, 0.25) is 5.78 Å². The van der Waals surface area contributed by atoms with E-state index in [1.54, 1.807) is 7.05 Å². The normalized spacial score (nSPS) is 21.2. The van der Waals surface area contributed by atoms with Crippen LogP contribution in [0.1, 0.15) is 25.2 Å². The molecule has 0 N–H and O–H groups in total. The fraction of sp³-hybridized carbons (Fsp3) is 0.632. The second-order valence-electron chi connectivity index (χ2n) is 7.96. The van der Waals surface area contributed by atoms with Crippen molar-refractivity contribution in [3.05, 3.63) is 32.2 Å². The van der Waals surface area contributed by atoms with E-state index in [1.165, 1.54) is 11.6 Å². The molecule has 1 aliphatic rings. The number of ether oxygens (including phenoxy) is 1. The number of hydrogen-bond acceptors (Lipinski definition) is 5. The van der Waals surface area contributed by atoms with Crippen LogP contribution in [0.3, 0.4) is 0 Å². The quantitative estimate of drug-likeness (QED) is 0.650. The van der Waals surface area contributed by atoms with Gasteiger partial charge in [-0.15, -0.1) is 0 Å². The SMILES string of the molecule is Cc1c(C)n2c3c(=O)n(C)c(=O)n(C)c3nc2n1CCN1C[C@@H](C)O[C@H](C)C1. The fourth-order valence-electron chi connectivity index (χ4n) is 4.37. The molecule has 4 rings (SSSR count). The summed E-state index contributed by atoms with van der Waals surface area (Å²) in [5.74, 6) is 0.706. The molecule has 9 heteroatoms. The van der Waals surface area contributed by atoms with Crippen LogP contribution in [0.4, 0.5) is 0 Å². The van der Waals surface area contributed by atoms with Gasteiger partial charge in [-0.05, 0) is 27.7 Å². The van der Waals surface area contributed by atoms with E-state index in [0.29, 0.717) is 16.9 Å². The van der Waals surface area contributed by atoms with Gasteiger partial charge in [0.1, 0.15) is 0 Å². The van der Waals surface area contributed by atoms with Crippen molar-refractivity contribution in [1.29, 1.82) is 0 Å². The van der Waals surface area contributed by atoms with E-state index in [0.717, 1.165) is 42.1 Å². The summed E-state index contributed by atoms with van der Waals surface area (Å²) in [6.07, 6.45) is 0.450. The van der Waals surface area contributed by atoms with Crippen LogP contribution in [0.2, 0.25) is 0 Å². The second kappa shape index (κ2) is 6.59. The summed E-state index contributed by atoms with van der Waals surface area (Å²) in [6, 6.07) is 0. The van der Waals surface area contributed by atoms with Crippen molar-refractivity contribution in [3.8, 4) is 0 Å². The fourth-order valence-corrected chi connectivity index (χ4v) is 4.37. The van der Waals surface area contributed by atoms with Crippen molar-refractivity contribution < 1.29 is 4.74 Å². The summed E-state index contributed by atoms with van der Waals surface area (Å²) >= 11 is 0. The monoisotopic (exact) mass is 388 g/mol. The number of imidazole rings is 2. The van der Waals surface area contributed by atoms with Gasteiger partial charge in [0.15, 0.2) is 11.2 Å². The first-order chi connectivity index (χ1) is 13.2. The highest BCUT2D eigenvalue weighted by Crippen LogP contribution is 2.21. The number of aryl methyl sites for hydroxylation is 2. The summed E-state index contributed by atoms with van der Waals surface area (Å²) in [5.41, 5.74) is 2.24. The Labute approximate surface area is 162 Å². The molecule has 0 spiro atoms. The Bertz CT molecular complexity index is 1170. The zero-order chi connectivity index (χ0) is 20.3. The number of nitrogens with zero attached hydrogens (tertiary/aromatic N) is 6. The molecule has 1 aliphatic heterocycles. The maximum atomic E-state index is 12.8. The van der Waals surface area contributed by atoms with E-state index in [4.69, 9.17) is 4.74 Å². The lowest BCUT2D eigenvalue weighted by molar-refractivity contribution is -0.0685. The topological polar surface area (TPSA) is 78.7 Å². The summed E-state index contributed by atoms with van der Waals surface area (Å²) in [5, 5.41) is 0. The molecule has 0 saturated carbocycles. The van der Waals surface area contributed by atoms with Crippen LogP contribution in [0.15, 0.2) is 9.59 Å². The van der Waals surface area contributed by atoms with Gasteiger partial charge in [-0.3, -0.25) is 23.2 Å². The smallest absolute Gasteiger partial charge is 0.332 e. The first-order valence-electron chi connectivity index (χ1n) is 9.72. The van der Waals surface area contributed by atoms with Crippen molar-refractivity contribution in [2.75, 3.05) is 19.6 Å². The van der Waals surface area contributed by atoms with Gasteiger partial charge >= 0.3 is 5.69 Å². The van der Waals surface area contributed by atoms with Crippen molar-refractivity contribution in [1.82, 2.24) is 28.0 Å². The van der Waals surface area contributed by atoms with Crippen LogP contribution in [-0.2, 0) is 25.4 Å². The molecule has 4 heterocycles. The molecular formula is C19H28N6O3. The zero-order valence-electron chi connectivity index (χ0n) is 17.4. The lowest BCUT2D eigenvalue weighted by Gasteiger charge is -2.35. The summed E-state index contributed by atoms with van der Waals surface area (Å²) < 4.78 is 12.4. The van der Waals surface area contributed by atoms with Crippen molar-refractivity contribution in [2.24, 2.45) is 14.1 Å². The molecule has 0 bridgehead atoms. The van der Waals surface area contributed by atoms with E-state index >= 15 is 0 Å². The minimum atomic E-state index is -0.365. The second-order valence-corrected chi connectivity index (χ2v) is 7.96. The van der Waals surface area contributed by atoms with Gasteiger partial charge in [-0.25, -0.2) is 4.79 Å². The summed E-state index contributed by atoms with van der Waals surface area (Å²) in [7, 11) is 3.16. The van der Waals surface area contributed by atoms with Crippen molar-refractivity contribution in [2.45, 2.75) is 46.4 Å². The highest BCUT2D eigenvalue weighted by Gasteiger charge is 2.24. The number of morpholine rings is 1. The van der Waals surface area contributed by atoms with Crippen LogP contribution in [-0.4, -0.2) is 59.8 Å². The third kappa shape index (κ3) is 2.72. The molecule has 9 nitrogen and oxygen atoms in total. The first kappa shape index (κ1) is 18.9. The Hall–Kier alpha value is -2.39. The number of aromatic nitrogens is 5. The van der Waals surface area contributed by atoms with Gasteiger partial charge in [0.25, 0.3) is 5.56 Å². The highest BCUT2D eigenvalue weighted by atomic mass is 16.5. The van der Waals surface area contributed by atoms with E-state index in [-0.39, 0.29) is 23.5 Å². The molecule has 2 atom stereocenters. The Morgan fingerprint density at radius 1 is 1.00 bits per heavy atom. The van der Waals surface area contributed by atoms with E-state index in [2.05, 4.69) is 28.3 Å². The maximum Gasteiger partial charge on any atom is 0.332 e. The van der Waals surface area contributed by atoms with Crippen molar-refractivity contribution >= 4 is 16.9 Å². The van der Waals surface area contributed by atoms with E-state index < -0.39 is 0 Å². The average molecular weight is 388 g/mol. The standard InChI is InChI=1S/C19H28N6O3/c1-11-9-23(10-12(2)28-11)7-8-24-13(3)14(4)25-15-16(20-18(24)25)21(5)19(27)22(6)17(15)26/h11-12H,7-10H2,1-6H3/t11-,12-/m1/s1. The molecule has 152 valence electrons. The molecule has 0 aliphatic carbocycles. The largest absolute Gasteiger partial charge is 0.373 e. The first-order valence-corrected chi connectivity index (χ1v) is 9.72. The molecule has 0 aromatic carbocycles. The molecule has 0 radical (unpaired) electrons. The third-order valence-electron chi connectivity index (χ3n) is 5.88. The lowest BCUT2D eigenvalue weighted by atomic mass is 10.2. The molecular weight excluding hydrogens is 360 g/mol. The predicted molar refractivity (Wildman–Crippen MR) is 107 cm³/mol. The lowest BCUT2D eigenvalue weighted by Crippen LogP contribution is -2.46. The van der Waals surface area contributed by atoms with Gasteiger partial charge in [0.05, 0.1) is 12.2 Å². The molecule has 1 saturated heterocycles. The maximum absolute atomic E-state index is 12.8. The molecule has 0 amide bonds. The molecule has 0 unspecified atom stereocenters. The molecule has 1 fully saturated rings. The summed E-state index contributed by atoms with van der Waals surface area (Å²) in [6.45, 7) is 11.7. The Morgan fingerprint density at radius 2 is 1.64 bits per heavy atom. The van der Waals surface area contributed by atoms with Crippen LogP contribution in [0.25, 0.3) is 16.9 Å². The molecule has 28 heavy (non-hydrogen) atoms. The molecule has 3 aromatic rings. The predicted octanol–water partition coefficient (Wildman–Crippen LogP) is 0.412. The van der Waals surface area contributed by atoms with E-state index in [1.807, 2.05) is 18.2 Å². The van der Waals surface area contributed by atoms with Gasteiger partial charge in [-0.2, -0.15) is 4.98 Å². The van der Waals surface area contributed by atoms with Crippen LogP contribution < -0.4 is 11.2 Å². The van der Waals surface area contributed by atoms with Crippen LogP contribution in [0.5, 0.6) is 0 Å². The number of rotatable bonds is 3. The Morgan fingerprint density at radius 3 is 2.29 bits per heavy atom. The minimum absolute atomic E-state index is 0.225. The van der Waals surface area contributed by atoms with Crippen LogP contribution >= 0.6 is 0 Å².